The van der Waals surface area contributed by atoms with Crippen molar-refractivity contribution in [3.63, 3.8) is 0 Å². The van der Waals surface area contributed by atoms with Gasteiger partial charge in [-0.15, -0.1) is 0 Å². The lowest BCUT2D eigenvalue weighted by molar-refractivity contribution is -0.167. The SMILES string of the molecule is CCCCCCCCCCCC(=O)C(OC(C(=O)CCCCCCCCC)C(O)CO)C(O)CO. The highest BCUT2D eigenvalue weighted by Gasteiger charge is 2.35. The minimum atomic E-state index is -1.49. The molecule has 0 aromatic heterocycles. The van der Waals surface area contributed by atoms with Gasteiger partial charge in [-0.1, -0.05) is 104 Å². The summed E-state index contributed by atoms with van der Waals surface area (Å²) in [5, 5.41) is 39.2. The van der Waals surface area contributed by atoms with Crippen molar-refractivity contribution in [2.75, 3.05) is 13.2 Å². The van der Waals surface area contributed by atoms with Gasteiger partial charge < -0.3 is 25.2 Å². The molecule has 0 amide bonds. The fourth-order valence-corrected chi connectivity index (χ4v) is 4.26. The molecule has 0 rings (SSSR count). The average molecular weight is 503 g/mol. The summed E-state index contributed by atoms with van der Waals surface area (Å²) in [5.41, 5.74) is 0. The summed E-state index contributed by atoms with van der Waals surface area (Å²) >= 11 is 0. The van der Waals surface area contributed by atoms with Crippen LogP contribution in [0.25, 0.3) is 0 Å². The maximum Gasteiger partial charge on any atom is 0.164 e. The van der Waals surface area contributed by atoms with Gasteiger partial charge in [0, 0.05) is 12.8 Å². The maximum atomic E-state index is 12.8. The van der Waals surface area contributed by atoms with Crippen LogP contribution in [0.1, 0.15) is 129 Å². The van der Waals surface area contributed by atoms with E-state index in [0.717, 1.165) is 38.5 Å². The Labute approximate surface area is 213 Å². The number of carbonyl (C=O) groups excluding carboxylic acids is 2. The molecule has 0 heterocycles. The van der Waals surface area contributed by atoms with Gasteiger partial charge in [0.2, 0.25) is 0 Å². The molecule has 7 nitrogen and oxygen atoms in total. The molecule has 0 aromatic rings. The van der Waals surface area contributed by atoms with E-state index in [2.05, 4.69) is 13.8 Å². The Kier molecular flexibility index (Phi) is 23.0. The summed E-state index contributed by atoms with van der Waals surface area (Å²) in [5.74, 6) is -0.792. The lowest BCUT2D eigenvalue weighted by atomic mass is 9.99. The standard InChI is InChI=1S/C28H54O7/c1-3-5-7-9-11-12-14-16-18-20-24(32)28(26(34)22-30)35-27(25(33)21-29)23(31)19-17-15-13-10-8-6-4-2/h25-30,33-34H,3-22H2,1-2H3. The van der Waals surface area contributed by atoms with E-state index in [9.17, 15) is 30.0 Å². The van der Waals surface area contributed by atoms with Crippen LogP contribution < -0.4 is 0 Å². The molecule has 0 saturated carbocycles. The van der Waals surface area contributed by atoms with Gasteiger partial charge in [-0.25, -0.2) is 0 Å². The number of ether oxygens (including phenoxy) is 1. The summed E-state index contributed by atoms with van der Waals surface area (Å²) in [6.45, 7) is 2.97. The van der Waals surface area contributed by atoms with Crippen molar-refractivity contribution >= 4 is 11.6 Å². The topological polar surface area (TPSA) is 124 Å². The van der Waals surface area contributed by atoms with Crippen LogP contribution in [-0.2, 0) is 14.3 Å². The number of Topliss-reactive ketones (excluding diaryl/α,β-unsaturated/α-hetero) is 2. The van der Waals surface area contributed by atoms with E-state index < -0.39 is 49.2 Å². The number of ketones is 2. The number of hydrogen-bond acceptors (Lipinski definition) is 7. The van der Waals surface area contributed by atoms with Gasteiger partial charge in [-0.05, 0) is 12.8 Å². The first kappa shape index (κ1) is 34.1. The first-order valence-electron chi connectivity index (χ1n) is 14.2. The van der Waals surface area contributed by atoms with E-state index in [0.29, 0.717) is 12.8 Å². The molecule has 0 aliphatic carbocycles. The Hall–Kier alpha value is -0.860. The zero-order valence-corrected chi connectivity index (χ0v) is 22.5. The normalized spacial score (nSPS) is 15.0. The third kappa shape index (κ3) is 17.3. The van der Waals surface area contributed by atoms with E-state index >= 15 is 0 Å². The van der Waals surface area contributed by atoms with Crippen molar-refractivity contribution in [1.29, 1.82) is 0 Å². The Morgan fingerprint density at radius 2 is 0.829 bits per heavy atom. The number of rotatable bonds is 26. The zero-order valence-electron chi connectivity index (χ0n) is 22.5. The highest BCUT2D eigenvalue weighted by molar-refractivity contribution is 5.86. The van der Waals surface area contributed by atoms with E-state index in [1.165, 1.54) is 51.4 Å². The van der Waals surface area contributed by atoms with Crippen LogP contribution >= 0.6 is 0 Å². The van der Waals surface area contributed by atoms with Gasteiger partial charge in [0.1, 0.15) is 24.4 Å². The maximum absolute atomic E-state index is 12.8. The van der Waals surface area contributed by atoms with Crippen LogP contribution in [0, 0.1) is 0 Å². The van der Waals surface area contributed by atoms with Crippen LogP contribution in [0.15, 0.2) is 0 Å². The Balaban J connectivity index is 4.63. The van der Waals surface area contributed by atoms with Crippen LogP contribution in [0.4, 0.5) is 0 Å². The molecule has 0 aliphatic heterocycles. The predicted octanol–water partition coefficient (Wildman–Crippen LogP) is 4.65. The van der Waals surface area contributed by atoms with Gasteiger partial charge in [0.25, 0.3) is 0 Å². The third-order valence-electron chi connectivity index (χ3n) is 6.55. The zero-order chi connectivity index (χ0) is 26.3. The Morgan fingerprint density at radius 1 is 0.543 bits per heavy atom. The monoisotopic (exact) mass is 502 g/mol. The van der Waals surface area contributed by atoms with Gasteiger partial charge >= 0.3 is 0 Å². The van der Waals surface area contributed by atoms with Crippen molar-refractivity contribution in [2.45, 2.75) is 154 Å². The molecule has 4 unspecified atom stereocenters. The van der Waals surface area contributed by atoms with Gasteiger partial charge in [0.05, 0.1) is 13.2 Å². The smallest absolute Gasteiger partial charge is 0.164 e. The molecule has 4 N–H and O–H groups in total. The number of aliphatic hydroxyl groups is 4. The molecule has 0 saturated heterocycles. The summed E-state index contributed by atoms with van der Waals surface area (Å²) in [6.07, 6.45) is 11.7. The molecular formula is C28H54O7. The molecule has 4 atom stereocenters. The first-order chi connectivity index (χ1) is 16.9. The molecule has 208 valence electrons. The number of aliphatic hydroxyl groups excluding tert-OH is 4. The predicted molar refractivity (Wildman–Crippen MR) is 139 cm³/mol. The fraction of sp³-hybridized carbons (Fsp3) is 0.929. The quantitative estimate of drug-likeness (QED) is 0.127. The van der Waals surface area contributed by atoms with Crippen molar-refractivity contribution in [1.82, 2.24) is 0 Å². The van der Waals surface area contributed by atoms with Crippen molar-refractivity contribution in [3.05, 3.63) is 0 Å². The molecule has 35 heavy (non-hydrogen) atoms. The summed E-state index contributed by atoms with van der Waals surface area (Å²) in [4.78, 5) is 25.5. The molecular weight excluding hydrogens is 448 g/mol. The van der Waals surface area contributed by atoms with Crippen molar-refractivity contribution < 1.29 is 34.8 Å². The number of carbonyl (C=O) groups is 2. The molecule has 0 fully saturated rings. The molecule has 0 aliphatic rings. The Morgan fingerprint density at radius 3 is 1.11 bits per heavy atom. The minimum Gasteiger partial charge on any atom is -0.394 e. The summed E-state index contributed by atoms with van der Waals surface area (Å²) in [6, 6.07) is 0. The van der Waals surface area contributed by atoms with Gasteiger partial charge in [-0.2, -0.15) is 0 Å². The molecule has 7 heteroatoms. The highest BCUT2D eigenvalue weighted by atomic mass is 16.5. The van der Waals surface area contributed by atoms with Crippen LogP contribution in [-0.4, -0.2) is 69.6 Å². The molecule has 0 spiro atoms. The second-order valence-corrected chi connectivity index (χ2v) is 9.86. The van der Waals surface area contributed by atoms with E-state index in [1.807, 2.05) is 0 Å². The minimum absolute atomic E-state index is 0.171. The van der Waals surface area contributed by atoms with E-state index in [1.54, 1.807) is 0 Å². The summed E-state index contributed by atoms with van der Waals surface area (Å²) in [7, 11) is 0. The van der Waals surface area contributed by atoms with Crippen molar-refractivity contribution in [2.24, 2.45) is 0 Å². The second-order valence-electron chi connectivity index (χ2n) is 9.86. The van der Waals surface area contributed by atoms with E-state index in [-0.39, 0.29) is 12.8 Å². The number of hydrogen-bond donors (Lipinski definition) is 4. The van der Waals surface area contributed by atoms with Crippen LogP contribution in [0.5, 0.6) is 0 Å². The number of unbranched alkanes of at least 4 members (excludes halogenated alkanes) is 14. The summed E-state index contributed by atoms with van der Waals surface area (Å²) < 4.78 is 5.60. The van der Waals surface area contributed by atoms with Crippen LogP contribution in [0.2, 0.25) is 0 Å². The lowest BCUT2D eigenvalue weighted by Crippen LogP contribution is -2.48. The highest BCUT2D eigenvalue weighted by Crippen LogP contribution is 2.17. The lowest BCUT2D eigenvalue weighted by Gasteiger charge is -2.28. The van der Waals surface area contributed by atoms with Crippen molar-refractivity contribution in [3.8, 4) is 0 Å². The molecule has 0 bridgehead atoms. The largest absolute Gasteiger partial charge is 0.394 e. The fourth-order valence-electron chi connectivity index (χ4n) is 4.26. The second kappa shape index (κ2) is 23.5. The van der Waals surface area contributed by atoms with Gasteiger partial charge in [-0.3, -0.25) is 9.59 Å². The average Bonchev–Trinajstić information content (AvgIpc) is 2.86. The van der Waals surface area contributed by atoms with Crippen LogP contribution in [0.3, 0.4) is 0 Å². The van der Waals surface area contributed by atoms with E-state index in [4.69, 9.17) is 4.74 Å². The third-order valence-corrected chi connectivity index (χ3v) is 6.55. The Bertz CT molecular complexity index is 512. The molecule has 0 aromatic carbocycles. The first-order valence-corrected chi connectivity index (χ1v) is 14.2. The molecule has 0 radical (unpaired) electrons. The van der Waals surface area contributed by atoms with Gasteiger partial charge in [0.15, 0.2) is 11.6 Å².